The van der Waals surface area contributed by atoms with Gasteiger partial charge in [0.25, 0.3) is 0 Å². The summed E-state index contributed by atoms with van der Waals surface area (Å²) in [5.74, 6) is 1.92. The number of hydrogen-bond acceptors (Lipinski definition) is 3. The Balaban J connectivity index is 2.12. The summed E-state index contributed by atoms with van der Waals surface area (Å²) in [6.45, 7) is 7.89. The zero-order chi connectivity index (χ0) is 12.3. The third kappa shape index (κ3) is 2.91. The van der Waals surface area contributed by atoms with Crippen molar-refractivity contribution in [2.24, 2.45) is 0 Å². The lowest BCUT2D eigenvalue weighted by atomic mass is 10.1. The molecule has 0 saturated heterocycles. The Morgan fingerprint density at radius 1 is 1.47 bits per heavy atom. The summed E-state index contributed by atoms with van der Waals surface area (Å²) < 4.78 is 11.3. The third-order valence-electron chi connectivity index (χ3n) is 2.77. The lowest BCUT2D eigenvalue weighted by molar-refractivity contribution is 0.303. The maximum Gasteiger partial charge on any atom is 0.124 e. The minimum atomic E-state index is 0.287. The van der Waals surface area contributed by atoms with Crippen LogP contribution in [-0.2, 0) is 0 Å². The van der Waals surface area contributed by atoms with Gasteiger partial charge in [-0.25, -0.2) is 0 Å². The summed E-state index contributed by atoms with van der Waals surface area (Å²) in [5.41, 5.74) is 1.22. The van der Waals surface area contributed by atoms with Crippen LogP contribution in [0.5, 0.6) is 11.5 Å². The van der Waals surface area contributed by atoms with Gasteiger partial charge >= 0.3 is 0 Å². The molecule has 3 heteroatoms. The first kappa shape index (κ1) is 12.2. The van der Waals surface area contributed by atoms with Gasteiger partial charge in [0.1, 0.15) is 18.1 Å². The van der Waals surface area contributed by atoms with Gasteiger partial charge in [0.2, 0.25) is 0 Å². The largest absolute Gasteiger partial charge is 0.494 e. The van der Waals surface area contributed by atoms with Gasteiger partial charge in [-0.15, -0.1) is 0 Å². The van der Waals surface area contributed by atoms with Gasteiger partial charge in [-0.05, 0) is 24.6 Å². The lowest BCUT2D eigenvalue weighted by Gasteiger charge is -2.15. The molecular weight excluding hydrogens is 214 g/mol. The molecule has 2 rings (SSSR count). The van der Waals surface area contributed by atoms with Crippen LogP contribution in [0.25, 0.3) is 0 Å². The number of hydrogen-bond donors (Lipinski definition) is 1. The Kier molecular flexibility index (Phi) is 3.89. The molecule has 1 aromatic rings. The van der Waals surface area contributed by atoms with E-state index in [0.29, 0.717) is 12.6 Å². The Bertz CT molecular complexity index is 376. The summed E-state index contributed by atoms with van der Waals surface area (Å²) in [6, 6.07) is 6.82. The normalized spacial score (nSPS) is 18.0. The highest BCUT2D eigenvalue weighted by atomic mass is 16.5. The number of rotatable bonds is 5. The topological polar surface area (TPSA) is 30.5 Å². The molecule has 1 heterocycles. The first-order chi connectivity index (χ1) is 8.20. The van der Waals surface area contributed by atoms with Gasteiger partial charge in [0.15, 0.2) is 0 Å². The molecule has 0 spiro atoms. The van der Waals surface area contributed by atoms with Crippen molar-refractivity contribution in [1.29, 1.82) is 0 Å². The predicted octanol–water partition coefficient (Wildman–Crippen LogP) is 2.91. The third-order valence-corrected chi connectivity index (χ3v) is 2.77. The van der Waals surface area contributed by atoms with Crippen LogP contribution in [0.4, 0.5) is 0 Å². The highest BCUT2D eigenvalue weighted by Crippen LogP contribution is 2.35. The highest BCUT2D eigenvalue weighted by Gasteiger charge is 2.24. The van der Waals surface area contributed by atoms with Crippen LogP contribution in [-0.4, -0.2) is 19.3 Å². The number of benzene rings is 1. The molecule has 17 heavy (non-hydrogen) atoms. The maximum atomic E-state index is 5.65. The molecule has 0 bridgehead atoms. The van der Waals surface area contributed by atoms with E-state index in [2.05, 4.69) is 32.2 Å². The van der Waals surface area contributed by atoms with Crippen molar-refractivity contribution in [3.63, 3.8) is 0 Å². The molecule has 1 unspecified atom stereocenters. The summed E-state index contributed by atoms with van der Waals surface area (Å²) in [7, 11) is 0. The molecule has 0 aliphatic carbocycles. The summed E-state index contributed by atoms with van der Waals surface area (Å²) >= 11 is 0. The molecule has 0 amide bonds. The van der Waals surface area contributed by atoms with Crippen LogP contribution in [0.2, 0.25) is 0 Å². The Hall–Kier alpha value is -1.22. The SMILES string of the molecule is CCCOc1ccc2c(c1)C(NC(C)C)CO2. The standard InChI is InChI=1S/C14H21NO2/c1-4-7-16-11-5-6-14-12(8-11)13(9-17-14)15-10(2)3/h5-6,8,10,13,15H,4,7,9H2,1-3H3. The monoisotopic (exact) mass is 235 g/mol. The molecular formula is C14H21NO2. The van der Waals surface area contributed by atoms with Crippen LogP contribution < -0.4 is 14.8 Å². The predicted molar refractivity (Wildman–Crippen MR) is 68.7 cm³/mol. The Morgan fingerprint density at radius 3 is 3.00 bits per heavy atom. The number of ether oxygens (including phenoxy) is 2. The molecule has 1 atom stereocenters. The van der Waals surface area contributed by atoms with Crippen LogP contribution in [0.1, 0.15) is 38.8 Å². The Morgan fingerprint density at radius 2 is 2.29 bits per heavy atom. The van der Waals surface area contributed by atoms with E-state index in [0.717, 1.165) is 24.5 Å². The molecule has 1 aliphatic heterocycles. The van der Waals surface area contributed by atoms with E-state index in [4.69, 9.17) is 9.47 Å². The fraction of sp³-hybridized carbons (Fsp3) is 0.571. The molecule has 1 aromatic carbocycles. The molecule has 0 radical (unpaired) electrons. The van der Waals surface area contributed by atoms with Gasteiger partial charge in [-0.2, -0.15) is 0 Å². The van der Waals surface area contributed by atoms with Gasteiger partial charge < -0.3 is 14.8 Å². The van der Waals surface area contributed by atoms with Crippen LogP contribution in [0.3, 0.4) is 0 Å². The molecule has 0 fully saturated rings. The van der Waals surface area contributed by atoms with Crippen molar-refractivity contribution in [3.8, 4) is 11.5 Å². The number of fused-ring (bicyclic) bond motifs is 1. The second kappa shape index (κ2) is 5.41. The fourth-order valence-corrected chi connectivity index (χ4v) is 2.04. The van der Waals surface area contributed by atoms with Crippen molar-refractivity contribution in [2.45, 2.75) is 39.3 Å². The Labute approximate surface area is 103 Å². The molecule has 0 aromatic heterocycles. The first-order valence-electron chi connectivity index (χ1n) is 6.36. The van der Waals surface area contributed by atoms with Crippen LogP contribution in [0, 0.1) is 0 Å². The molecule has 3 nitrogen and oxygen atoms in total. The zero-order valence-corrected chi connectivity index (χ0v) is 10.8. The van der Waals surface area contributed by atoms with E-state index in [1.165, 1.54) is 5.56 Å². The fourth-order valence-electron chi connectivity index (χ4n) is 2.04. The van der Waals surface area contributed by atoms with E-state index in [1.807, 2.05) is 12.1 Å². The summed E-state index contributed by atoms with van der Waals surface area (Å²) in [5, 5.41) is 3.50. The van der Waals surface area contributed by atoms with Crippen molar-refractivity contribution in [2.75, 3.05) is 13.2 Å². The maximum absolute atomic E-state index is 5.65. The first-order valence-corrected chi connectivity index (χ1v) is 6.36. The smallest absolute Gasteiger partial charge is 0.124 e. The van der Waals surface area contributed by atoms with Crippen molar-refractivity contribution < 1.29 is 9.47 Å². The molecule has 94 valence electrons. The van der Waals surface area contributed by atoms with Gasteiger partial charge in [0.05, 0.1) is 12.6 Å². The van der Waals surface area contributed by atoms with E-state index < -0.39 is 0 Å². The van der Waals surface area contributed by atoms with Crippen molar-refractivity contribution in [1.82, 2.24) is 5.32 Å². The van der Waals surface area contributed by atoms with Crippen LogP contribution in [0.15, 0.2) is 18.2 Å². The minimum Gasteiger partial charge on any atom is -0.494 e. The second-order valence-corrected chi connectivity index (χ2v) is 4.73. The van der Waals surface area contributed by atoms with E-state index >= 15 is 0 Å². The second-order valence-electron chi connectivity index (χ2n) is 4.73. The average Bonchev–Trinajstić information content (AvgIpc) is 2.69. The van der Waals surface area contributed by atoms with Crippen LogP contribution >= 0.6 is 0 Å². The minimum absolute atomic E-state index is 0.287. The van der Waals surface area contributed by atoms with Crippen molar-refractivity contribution >= 4 is 0 Å². The van der Waals surface area contributed by atoms with Gasteiger partial charge in [-0.1, -0.05) is 20.8 Å². The highest BCUT2D eigenvalue weighted by molar-refractivity contribution is 5.44. The van der Waals surface area contributed by atoms with Gasteiger partial charge in [-0.3, -0.25) is 0 Å². The van der Waals surface area contributed by atoms with E-state index in [-0.39, 0.29) is 6.04 Å². The van der Waals surface area contributed by atoms with E-state index in [9.17, 15) is 0 Å². The summed E-state index contributed by atoms with van der Waals surface area (Å²) in [6.07, 6.45) is 1.03. The molecule has 1 N–H and O–H groups in total. The zero-order valence-electron chi connectivity index (χ0n) is 10.8. The number of nitrogens with one attached hydrogen (secondary N) is 1. The molecule has 1 aliphatic rings. The molecule has 0 saturated carbocycles. The lowest BCUT2D eigenvalue weighted by Crippen LogP contribution is -2.28. The van der Waals surface area contributed by atoms with Crippen molar-refractivity contribution in [3.05, 3.63) is 23.8 Å². The van der Waals surface area contributed by atoms with Gasteiger partial charge in [0, 0.05) is 11.6 Å². The quantitative estimate of drug-likeness (QED) is 0.851. The van der Waals surface area contributed by atoms with E-state index in [1.54, 1.807) is 0 Å². The average molecular weight is 235 g/mol. The summed E-state index contributed by atoms with van der Waals surface area (Å²) in [4.78, 5) is 0.